The lowest BCUT2D eigenvalue weighted by atomic mass is 9.95. The summed E-state index contributed by atoms with van der Waals surface area (Å²) in [4.78, 5) is 29.5. The lowest BCUT2D eigenvalue weighted by Crippen LogP contribution is -2.54. The van der Waals surface area contributed by atoms with Crippen molar-refractivity contribution in [1.29, 1.82) is 0 Å². The van der Waals surface area contributed by atoms with Gasteiger partial charge in [-0.2, -0.15) is 0 Å². The number of rotatable bonds is 13. The molecule has 0 aromatic heterocycles. The second-order valence-electron chi connectivity index (χ2n) is 10.7. The number of anilines is 1. The summed E-state index contributed by atoms with van der Waals surface area (Å²) < 4.78 is 40.0. The maximum Gasteiger partial charge on any atom is 0.264 e. The molecule has 1 fully saturated rings. The molecule has 11 heteroatoms. The van der Waals surface area contributed by atoms with Crippen LogP contribution in [0.15, 0.2) is 77.7 Å². The van der Waals surface area contributed by atoms with Crippen LogP contribution >= 0.6 is 11.6 Å². The lowest BCUT2D eigenvalue weighted by molar-refractivity contribution is -0.140. The van der Waals surface area contributed by atoms with E-state index >= 15 is 0 Å². The van der Waals surface area contributed by atoms with E-state index < -0.39 is 28.5 Å². The normalized spacial score (nSPS) is 14.4. The third kappa shape index (κ3) is 7.84. The van der Waals surface area contributed by atoms with Crippen LogP contribution in [0.25, 0.3) is 0 Å². The minimum atomic E-state index is -4.22. The number of sulfonamides is 1. The minimum absolute atomic E-state index is 0.0160. The second kappa shape index (κ2) is 15.3. The van der Waals surface area contributed by atoms with Gasteiger partial charge in [0.2, 0.25) is 11.8 Å². The van der Waals surface area contributed by atoms with Crippen LogP contribution in [-0.2, 0) is 26.2 Å². The predicted molar refractivity (Wildman–Crippen MR) is 172 cm³/mol. The molecule has 9 nitrogen and oxygen atoms in total. The molecule has 0 saturated heterocycles. The number of halogens is 1. The van der Waals surface area contributed by atoms with Gasteiger partial charge in [-0.25, -0.2) is 8.42 Å². The van der Waals surface area contributed by atoms with Gasteiger partial charge < -0.3 is 19.7 Å². The Hall–Kier alpha value is -3.76. The van der Waals surface area contributed by atoms with Crippen LogP contribution in [0.1, 0.15) is 51.0 Å². The molecule has 1 N–H and O–H groups in total. The van der Waals surface area contributed by atoms with Gasteiger partial charge in [-0.3, -0.25) is 13.9 Å². The van der Waals surface area contributed by atoms with E-state index in [2.05, 4.69) is 5.32 Å². The smallest absolute Gasteiger partial charge is 0.264 e. The van der Waals surface area contributed by atoms with Crippen LogP contribution < -0.4 is 19.1 Å². The zero-order valence-corrected chi connectivity index (χ0v) is 26.9. The van der Waals surface area contributed by atoms with Crippen LogP contribution in [0.5, 0.6) is 11.5 Å². The Kier molecular flexibility index (Phi) is 11.5. The third-order valence-corrected chi connectivity index (χ3v) is 10.1. The van der Waals surface area contributed by atoms with Crippen molar-refractivity contribution in [3.63, 3.8) is 0 Å². The first-order valence-electron chi connectivity index (χ1n) is 14.8. The largest absolute Gasteiger partial charge is 0.493 e. The number of nitrogens with one attached hydrogen (secondary N) is 1. The van der Waals surface area contributed by atoms with Gasteiger partial charge in [0.1, 0.15) is 12.6 Å². The molecule has 0 unspecified atom stereocenters. The first-order valence-corrected chi connectivity index (χ1v) is 16.6. The van der Waals surface area contributed by atoms with Crippen molar-refractivity contribution in [2.75, 3.05) is 25.1 Å². The molecule has 0 heterocycles. The Morgan fingerprint density at radius 1 is 0.932 bits per heavy atom. The first kappa shape index (κ1) is 33.1. The molecule has 3 aromatic carbocycles. The van der Waals surface area contributed by atoms with Gasteiger partial charge in [-0.1, -0.05) is 74.2 Å². The number of hydrogen-bond acceptors (Lipinski definition) is 6. The summed E-state index contributed by atoms with van der Waals surface area (Å²) in [7, 11) is -1.29. The molecule has 4 rings (SSSR count). The molecule has 0 radical (unpaired) electrons. The summed E-state index contributed by atoms with van der Waals surface area (Å²) in [6.45, 7) is 1.30. The standard InChI is InChI=1S/C33H40ClN3O6S/c1-4-29(33(39)35-25-14-7-5-8-15-25)36(22-24-13-11-12-18-28(24)34)32(38)23-37(44(40,41)27-16-9-6-10-17-27)26-19-20-30(42-2)31(21-26)43-3/h6,9-13,16-21,25,29H,4-5,7-8,14-15,22-23H2,1-3H3,(H,35,39)/t29-/m1/s1. The van der Waals surface area contributed by atoms with Gasteiger partial charge in [0.15, 0.2) is 11.5 Å². The van der Waals surface area contributed by atoms with Crippen LogP contribution in [0.2, 0.25) is 5.02 Å². The molecule has 236 valence electrons. The van der Waals surface area contributed by atoms with E-state index in [0.717, 1.165) is 36.4 Å². The molecule has 1 aliphatic carbocycles. The average Bonchev–Trinajstić information content (AvgIpc) is 3.04. The van der Waals surface area contributed by atoms with Crippen molar-refractivity contribution in [3.8, 4) is 11.5 Å². The van der Waals surface area contributed by atoms with Crippen molar-refractivity contribution in [1.82, 2.24) is 10.2 Å². The van der Waals surface area contributed by atoms with Crippen LogP contribution in [0.4, 0.5) is 5.69 Å². The lowest BCUT2D eigenvalue weighted by Gasteiger charge is -2.34. The zero-order chi connectivity index (χ0) is 31.7. The second-order valence-corrected chi connectivity index (χ2v) is 13.0. The fourth-order valence-electron chi connectivity index (χ4n) is 5.50. The third-order valence-electron chi connectivity index (χ3n) is 7.90. The maximum absolute atomic E-state index is 14.3. The number of amides is 2. The summed E-state index contributed by atoms with van der Waals surface area (Å²) in [5.74, 6) is -0.101. The van der Waals surface area contributed by atoms with E-state index in [4.69, 9.17) is 21.1 Å². The van der Waals surface area contributed by atoms with E-state index in [1.807, 2.05) is 13.0 Å². The number of ether oxygens (including phenoxy) is 2. The van der Waals surface area contributed by atoms with Gasteiger partial charge >= 0.3 is 0 Å². The number of carbonyl (C=O) groups excluding carboxylic acids is 2. The fourth-order valence-corrected chi connectivity index (χ4v) is 7.12. The Morgan fingerprint density at radius 2 is 1.59 bits per heavy atom. The van der Waals surface area contributed by atoms with Crippen LogP contribution in [0.3, 0.4) is 0 Å². The van der Waals surface area contributed by atoms with Crippen LogP contribution in [0, 0.1) is 0 Å². The number of benzene rings is 3. The van der Waals surface area contributed by atoms with Crippen molar-refractivity contribution in [2.24, 2.45) is 0 Å². The SMILES string of the molecule is CC[C@H](C(=O)NC1CCCCC1)N(Cc1ccccc1Cl)C(=O)CN(c1ccc(OC)c(OC)c1)S(=O)(=O)c1ccccc1. The van der Waals surface area contributed by atoms with E-state index in [1.54, 1.807) is 48.5 Å². The topological polar surface area (TPSA) is 105 Å². The van der Waals surface area contributed by atoms with Gasteiger partial charge in [0.25, 0.3) is 10.0 Å². The summed E-state index contributed by atoms with van der Waals surface area (Å²) in [5, 5.41) is 3.59. The van der Waals surface area contributed by atoms with Gasteiger partial charge in [-0.15, -0.1) is 0 Å². The van der Waals surface area contributed by atoms with Crippen molar-refractivity contribution in [2.45, 2.75) is 69.0 Å². The molecular weight excluding hydrogens is 602 g/mol. The summed E-state index contributed by atoms with van der Waals surface area (Å²) in [6.07, 6.45) is 5.34. The highest BCUT2D eigenvalue weighted by Crippen LogP contribution is 2.34. The Bertz CT molecular complexity index is 1530. The molecule has 0 spiro atoms. The van der Waals surface area contributed by atoms with Gasteiger partial charge in [0, 0.05) is 23.7 Å². The van der Waals surface area contributed by atoms with E-state index in [1.165, 1.54) is 37.3 Å². The van der Waals surface area contributed by atoms with Crippen LogP contribution in [-0.4, -0.2) is 58.0 Å². The van der Waals surface area contributed by atoms with Crippen molar-refractivity contribution >= 4 is 39.1 Å². The Labute approximate surface area is 265 Å². The summed E-state index contributed by atoms with van der Waals surface area (Å²) in [6, 6.07) is 18.9. The molecule has 1 aliphatic rings. The maximum atomic E-state index is 14.3. The molecule has 2 amide bonds. The number of carbonyl (C=O) groups is 2. The molecular formula is C33H40ClN3O6S. The number of hydrogen-bond donors (Lipinski definition) is 1. The Balaban J connectivity index is 1.75. The highest BCUT2D eigenvalue weighted by Gasteiger charge is 2.35. The predicted octanol–water partition coefficient (Wildman–Crippen LogP) is 5.81. The van der Waals surface area contributed by atoms with Gasteiger partial charge in [-0.05, 0) is 55.2 Å². The summed E-state index contributed by atoms with van der Waals surface area (Å²) in [5.41, 5.74) is 0.854. The van der Waals surface area contributed by atoms with E-state index in [9.17, 15) is 18.0 Å². The molecule has 3 aromatic rings. The molecule has 44 heavy (non-hydrogen) atoms. The van der Waals surface area contributed by atoms with Crippen molar-refractivity contribution in [3.05, 3.63) is 83.4 Å². The van der Waals surface area contributed by atoms with Crippen molar-refractivity contribution < 1.29 is 27.5 Å². The van der Waals surface area contributed by atoms with E-state index in [0.29, 0.717) is 28.5 Å². The highest BCUT2D eigenvalue weighted by atomic mass is 35.5. The average molecular weight is 642 g/mol. The molecule has 1 atom stereocenters. The van der Waals surface area contributed by atoms with E-state index in [-0.39, 0.29) is 29.1 Å². The molecule has 0 aliphatic heterocycles. The van der Waals surface area contributed by atoms with Gasteiger partial charge in [0.05, 0.1) is 24.8 Å². The first-order chi connectivity index (χ1) is 21.2. The number of methoxy groups -OCH3 is 2. The quantitative estimate of drug-likeness (QED) is 0.253. The molecule has 0 bridgehead atoms. The molecule has 1 saturated carbocycles. The Morgan fingerprint density at radius 3 is 2.23 bits per heavy atom. The monoisotopic (exact) mass is 641 g/mol. The zero-order valence-electron chi connectivity index (χ0n) is 25.4. The highest BCUT2D eigenvalue weighted by molar-refractivity contribution is 7.92. The number of nitrogens with zero attached hydrogens (tertiary/aromatic N) is 2. The minimum Gasteiger partial charge on any atom is -0.493 e. The fraction of sp³-hybridized carbons (Fsp3) is 0.394. The summed E-state index contributed by atoms with van der Waals surface area (Å²) >= 11 is 6.50.